The van der Waals surface area contributed by atoms with Gasteiger partial charge in [-0.15, -0.1) is 0 Å². The first-order valence-electron chi connectivity index (χ1n) is 9.35. The molecule has 1 fully saturated rings. The lowest BCUT2D eigenvalue weighted by molar-refractivity contribution is 0.0703. The minimum Gasteiger partial charge on any atom is -0.481 e. The van der Waals surface area contributed by atoms with E-state index in [2.05, 4.69) is 10.1 Å². The predicted octanol–water partition coefficient (Wildman–Crippen LogP) is 3.95. The fraction of sp³-hybridized carbons (Fsp3) is 0.286. The number of ether oxygens (including phenoxy) is 1. The zero-order valence-corrected chi connectivity index (χ0v) is 15.6. The molecule has 0 aliphatic carbocycles. The van der Waals surface area contributed by atoms with E-state index in [0.29, 0.717) is 24.5 Å². The van der Waals surface area contributed by atoms with Gasteiger partial charge in [0.25, 0.3) is 11.8 Å². The molecule has 1 atom stereocenters. The topological polar surface area (TPSA) is 68.5 Å². The molecule has 6 nitrogen and oxygen atoms in total. The summed E-state index contributed by atoms with van der Waals surface area (Å²) in [7, 11) is 0. The van der Waals surface area contributed by atoms with Crippen LogP contribution in [0.15, 0.2) is 53.1 Å². The quantitative estimate of drug-likeness (QED) is 0.650. The van der Waals surface area contributed by atoms with E-state index < -0.39 is 5.82 Å². The van der Waals surface area contributed by atoms with E-state index in [9.17, 15) is 13.6 Å². The normalized spacial score (nSPS) is 16.6. The molecule has 1 saturated heterocycles. The third-order valence-corrected chi connectivity index (χ3v) is 4.84. The highest BCUT2D eigenvalue weighted by Gasteiger charge is 2.28. The van der Waals surface area contributed by atoms with Gasteiger partial charge in [-0.05, 0) is 49.2 Å². The molecule has 0 saturated carbocycles. The number of rotatable bonds is 5. The molecule has 150 valence electrons. The van der Waals surface area contributed by atoms with Gasteiger partial charge < -0.3 is 14.2 Å². The highest BCUT2D eigenvalue weighted by molar-refractivity contribution is 5.94. The van der Waals surface area contributed by atoms with Crippen molar-refractivity contribution < 1.29 is 22.8 Å². The Balaban J connectivity index is 1.39. The van der Waals surface area contributed by atoms with Crippen molar-refractivity contribution in [3.05, 3.63) is 77.4 Å². The van der Waals surface area contributed by atoms with Gasteiger partial charge in [-0.25, -0.2) is 8.78 Å². The molecule has 0 N–H and O–H groups in total. The number of hydrogen-bond donors (Lipinski definition) is 0. The molecule has 0 spiro atoms. The molecule has 8 heteroatoms. The maximum Gasteiger partial charge on any atom is 0.264 e. The van der Waals surface area contributed by atoms with Crippen LogP contribution < -0.4 is 4.74 Å². The number of piperidine rings is 1. The third kappa shape index (κ3) is 4.42. The van der Waals surface area contributed by atoms with Gasteiger partial charge in [0, 0.05) is 24.6 Å². The summed E-state index contributed by atoms with van der Waals surface area (Å²) in [5, 5.41) is 4.01. The number of likely N-dealkylation sites (tertiary alicyclic amines) is 1. The van der Waals surface area contributed by atoms with Gasteiger partial charge >= 0.3 is 0 Å². The molecular formula is C21H19F2N3O3. The first kappa shape index (κ1) is 19.0. The molecule has 0 radical (unpaired) electrons. The number of amides is 1. The summed E-state index contributed by atoms with van der Waals surface area (Å²) in [6.07, 6.45) is 1.62. The maximum absolute atomic E-state index is 13.6. The van der Waals surface area contributed by atoms with Crippen molar-refractivity contribution in [3.8, 4) is 5.75 Å². The number of carbonyl (C=O) groups is 1. The van der Waals surface area contributed by atoms with Crippen molar-refractivity contribution >= 4 is 5.91 Å². The Morgan fingerprint density at radius 1 is 1.17 bits per heavy atom. The smallest absolute Gasteiger partial charge is 0.264 e. The second kappa shape index (κ2) is 8.38. The number of nitrogens with zero attached hydrogens (tertiary/aromatic N) is 3. The monoisotopic (exact) mass is 399 g/mol. The summed E-state index contributed by atoms with van der Waals surface area (Å²) in [6, 6.07) is 11.6. The average molecular weight is 399 g/mol. The van der Waals surface area contributed by atoms with Crippen LogP contribution in [0.1, 0.15) is 40.8 Å². The van der Waals surface area contributed by atoms with Crippen molar-refractivity contribution in [2.45, 2.75) is 25.4 Å². The van der Waals surface area contributed by atoms with Crippen LogP contribution in [0.2, 0.25) is 0 Å². The van der Waals surface area contributed by atoms with Crippen molar-refractivity contribution in [1.29, 1.82) is 0 Å². The van der Waals surface area contributed by atoms with Gasteiger partial charge in [-0.3, -0.25) is 4.79 Å². The summed E-state index contributed by atoms with van der Waals surface area (Å²) in [6.45, 7) is 1.02. The second-order valence-electron chi connectivity index (χ2n) is 6.86. The van der Waals surface area contributed by atoms with E-state index in [1.54, 1.807) is 17.0 Å². The molecule has 4 rings (SSSR count). The first-order valence-corrected chi connectivity index (χ1v) is 9.35. The van der Waals surface area contributed by atoms with Gasteiger partial charge in [0.15, 0.2) is 24.0 Å². The van der Waals surface area contributed by atoms with E-state index in [-0.39, 0.29) is 35.9 Å². The van der Waals surface area contributed by atoms with E-state index in [4.69, 9.17) is 9.26 Å². The third-order valence-electron chi connectivity index (χ3n) is 4.84. The Kier molecular flexibility index (Phi) is 5.50. The molecule has 1 aromatic heterocycles. The minimum atomic E-state index is -0.463. The van der Waals surface area contributed by atoms with Crippen LogP contribution in [0.5, 0.6) is 5.75 Å². The summed E-state index contributed by atoms with van der Waals surface area (Å²) in [5.41, 5.74) is 0.444. The van der Waals surface area contributed by atoms with Crippen molar-refractivity contribution in [2.24, 2.45) is 0 Å². The Morgan fingerprint density at radius 2 is 1.97 bits per heavy atom. The van der Waals surface area contributed by atoms with Crippen molar-refractivity contribution in [2.75, 3.05) is 13.1 Å². The van der Waals surface area contributed by atoms with Crippen LogP contribution in [-0.4, -0.2) is 34.0 Å². The van der Waals surface area contributed by atoms with Crippen LogP contribution in [0.3, 0.4) is 0 Å². The van der Waals surface area contributed by atoms with Crippen LogP contribution in [0.25, 0.3) is 0 Å². The molecule has 1 aliphatic heterocycles. The summed E-state index contributed by atoms with van der Waals surface area (Å²) < 4.78 is 37.3. The maximum atomic E-state index is 13.6. The summed E-state index contributed by atoms with van der Waals surface area (Å²) in [4.78, 5) is 18.7. The number of hydrogen-bond acceptors (Lipinski definition) is 5. The Labute approximate surface area is 166 Å². The molecule has 2 heterocycles. The number of halogens is 2. The highest BCUT2D eigenvalue weighted by Crippen LogP contribution is 2.26. The lowest BCUT2D eigenvalue weighted by Crippen LogP contribution is -2.39. The molecule has 1 unspecified atom stereocenters. The number of benzene rings is 2. The second-order valence-corrected chi connectivity index (χ2v) is 6.86. The molecule has 2 aromatic carbocycles. The molecular weight excluding hydrogens is 380 g/mol. The van der Waals surface area contributed by atoms with Gasteiger partial charge in [-0.2, -0.15) is 4.98 Å². The standard InChI is InChI=1S/C21H19F2N3O3/c22-16-9-7-14(8-10-16)21(27)26-11-3-4-15(12-26)20-24-19(29-25-20)13-28-18-6-2-1-5-17(18)23/h1-2,5-10,15H,3-4,11-13H2. The van der Waals surface area contributed by atoms with Gasteiger partial charge in [0.1, 0.15) is 5.82 Å². The van der Waals surface area contributed by atoms with Crippen molar-refractivity contribution in [1.82, 2.24) is 15.0 Å². The summed E-state index contributed by atoms with van der Waals surface area (Å²) in [5.74, 6) is -0.218. The Hall–Kier alpha value is -3.29. The van der Waals surface area contributed by atoms with Crippen LogP contribution >= 0.6 is 0 Å². The lowest BCUT2D eigenvalue weighted by Gasteiger charge is -2.31. The average Bonchev–Trinajstić information content (AvgIpc) is 3.22. The first-order chi connectivity index (χ1) is 14.1. The van der Waals surface area contributed by atoms with E-state index in [0.717, 1.165) is 12.8 Å². The van der Waals surface area contributed by atoms with E-state index in [1.165, 1.54) is 36.4 Å². The molecule has 29 heavy (non-hydrogen) atoms. The molecule has 1 amide bonds. The highest BCUT2D eigenvalue weighted by atomic mass is 19.1. The summed E-state index contributed by atoms with van der Waals surface area (Å²) >= 11 is 0. The Morgan fingerprint density at radius 3 is 2.76 bits per heavy atom. The molecule has 1 aliphatic rings. The van der Waals surface area contributed by atoms with Crippen molar-refractivity contribution in [3.63, 3.8) is 0 Å². The van der Waals surface area contributed by atoms with Gasteiger partial charge in [-0.1, -0.05) is 17.3 Å². The number of aromatic nitrogens is 2. The SMILES string of the molecule is O=C(c1ccc(F)cc1)N1CCCC(c2noc(COc3ccccc3F)n2)C1. The zero-order valence-electron chi connectivity index (χ0n) is 15.6. The largest absolute Gasteiger partial charge is 0.481 e. The lowest BCUT2D eigenvalue weighted by atomic mass is 9.96. The minimum absolute atomic E-state index is 0.0428. The fourth-order valence-electron chi connectivity index (χ4n) is 3.34. The van der Waals surface area contributed by atoms with E-state index >= 15 is 0 Å². The van der Waals surface area contributed by atoms with Gasteiger partial charge in [0.05, 0.1) is 0 Å². The molecule has 3 aromatic rings. The fourth-order valence-corrected chi connectivity index (χ4v) is 3.34. The number of para-hydroxylation sites is 1. The van der Waals surface area contributed by atoms with Crippen LogP contribution in [-0.2, 0) is 6.61 Å². The van der Waals surface area contributed by atoms with Crippen LogP contribution in [0.4, 0.5) is 8.78 Å². The van der Waals surface area contributed by atoms with Crippen LogP contribution in [0, 0.1) is 11.6 Å². The predicted molar refractivity (Wildman–Crippen MR) is 99.3 cm³/mol. The molecule has 0 bridgehead atoms. The van der Waals surface area contributed by atoms with Gasteiger partial charge in [0.2, 0.25) is 0 Å². The zero-order chi connectivity index (χ0) is 20.2. The van der Waals surface area contributed by atoms with E-state index in [1.807, 2.05) is 0 Å². The Bertz CT molecular complexity index is 991. The number of carbonyl (C=O) groups excluding carboxylic acids is 1.